The Balaban J connectivity index is 2.42. The number of phenolic OH excluding ortho intramolecular Hbond substituents is 1. The van der Waals surface area contributed by atoms with E-state index in [1.165, 1.54) is 28.7 Å². The van der Waals surface area contributed by atoms with E-state index in [-0.39, 0.29) is 15.5 Å². The molecule has 0 saturated carbocycles. The summed E-state index contributed by atoms with van der Waals surface area (Å²) < 4.78 is 26.5. The summed E-state index contributed by atoms with van der Waals surface area (Å²) >= 11 is 5.84. The van der Waals surface area contributed by atoms with Crippen LogP contribution in [0.5, 0.6) is 5.75 Å². The second-order valence-corrected chi connectivity index (χ2v) is 7.84. The SMILES string of the molecule is CCN(CC)S(=O)(=O)c1cccc(N=Cc2cc(Cl)cc([N+](=O)[O-])c2O)c1. The van der Waals surface area contributed by atoms with Gasteiger partial charge in [-0.25, -0.2) is 8.42 Å². The van der Waals surface area contributed by atoms with Crippen molar-refractivity contribution in [1.82, 2.24) is 4.31 Å². The number of nitro groups is 1. The number of sulfonamides is 1. The van der Waals surface area contributed by atoms with Crippen LogP contribution >= 0.6 is 11.6 Å². The first kappa shape index (κ1) is 20.8. The highest BCUT2D eigenvalue weighted by Crippen LogP contribution is 2.32. The summed E-state index contributed by atoms with van der Waals surface area (Å²) in [5.74, 6) is -0.569. The van der Waals surface area contributed by atoms with Crippen molar-refractivity contribution >= 4 is 39.2 Å². The second kappa shape index (κ2) is 8.47. The third-order valence-corrected chi connectivity index (χ3v) is 6.06. The summed E-state index contributed by atoms with van der Waals surface area (Å²) in [6.45, 7) is 4.18. The minimum Gasteiger partial charge on any atom is -0.502 e. The van der Waals surface area contributed by atoms with Gasteiger partial charge in [-0.2, -0.15) is 4.31 Å². The zero-order valence-electron chi connectivity index (χ0n) is 14.7. The Morgan fingerprint density at radius 1 is 1.26 bits per heavy atom. The molecule has 2 aromatic rings. The Bertz CT molecular complexity index is 988. The molecule has 1 N–H and O–H groups in total. The van der Waals surface area contributed by atoms with E-state index in [1.54, 1.807) is 26.0 Å². The summed E-state index contributed by atoms with van der Waals surface area (Å²) in [6.07, 6.45) is 1.19. The van der Waals surface area contributed by atoms with Gasteiger partial charge in [-0.15, -0.1) is 0 Å². The molecule has 0 fully saturated rings. The molecule has 0 heterocycles. The fourth-order valence-corrected chi connectivity index (χ4v) is 4.14. The van der Waals surface area contributed by atoms with Gasteiger partial charge in [-0.3, -0.25) is 15.1 Å². The van der Waals surface area contributed by atoms with Crippen LogP contribution < -0.4 is 0 Å². The smallest absolute Gasteiger partial charge is 0.312 e. The van der Waals surface area contributed by atoms with E-state index in [0.717, 1.165) is 6.07 Å². The summed E-state index contributed by atoms with van der Waals surface area (Å²) in [5.41, 5.74) is -0.182. The maximum atomic E-state index is 12.6. The van der Waals surface area contributed by atoms with Crippen LogP contribution in [-0.2, 0) is 10.0 Å². The quantitative estimate of drug-likeness (QED) is 0.423. The number of aliphatic imine (C=N–C) groups is 1. The normalized spacial score (nSPS) is 12.0. The van der Waals surface area contributed by atoms with Gasteiger partial charge in [0.25, 0.3) is 0 Å². The molecule has 0 spiro atoms. The molecule has 0 aliphatic rings. The van der Waals surface area contributed by atoms with Gasteiger partial charge in [-0.1, -0.05) is 31.5 Å². The van der Waals surface area contributed by atoms with Crippen LogP contribution in [0.4, 0.5) is 11.4 Å². The van der Waals surface area contributed by atoms with Gasteiger partial charge >= 0.3 is 5.69 Å². The van der Waals surface area contributed by atoms with Gasteiger partial charge in [0, 0.05) is 36.0 Å². The molecule has 144 valence electrons. The number of nitro benzene ring substituents is 1. The number of aromatic hydroxyl groups is 1. The zero-order chi connectivity index (χ0) is 20.2. The standard InChI is InChI=1S/C17H18ClN3O5S/c1-3-20(4-2)27(25,26)15-7-5-6-14(10-15)19-11-12-8-13(18)9-16(17(12)22)21(23)24/h5-11,22H,3-4H2,1-2H3. The van der Waals surface area contributed by atoms with Crippen molar-refractivity contribution < 1.29 is 18.4 Å². The second-order valence-electron chi connectivity index (χ2n) is 5.46. The fourth-order valence-electron chi connectivity index (χ4n) is 2.42. The van der Waals surface area contributed by atoms with Gasteiger partial charge in [0.1, 0.15) is 0 Å². The van der Waals surface area contributed by atoms with Crippen LogP contribution in [0, 0.1) is 10.1 Å². The molecule has 0 amide bonds. The lowest BCUT2D eigenvalue weighted by Gasteiger charge is -2.18. The van der Waals surface area contributed by atoms with Gasteiger partial charge < -0.3 is 5.11 Å². The number of rotatable bonds is 7. The lowest BCUT2D eigenvalue weighted by Crippen LogP contribution is -2.30. The van der Waals surface area contributed by atoms with E-state index in [0.29, 0.717) is 18.8 Å². The maximum absolute atomic E-state index is 12.6. The van der Waals surface area contributed by atoms with Crippen molar-refractivity contribution in [2.24, 2.45) is 4.99 Å². The molecule has 8 nitrogen and oxygen atoms in total. The molecule has 2 rings (SSSR count). The first-order valence-electron chi connectivity index (χ1n) is 8.01. The van der Waals surface area contributed by atoms with E-state index in [1.807, 2.05) is 0 Å². The molecule has 0 aliphatic carbocycles. The number of phenols is 1. The van der Waals surface area contributed by atoms with Crippen LogP contribution in [0.3, 0.4) is 0 Å². The fraction of sp³-hybridized carbons (Fsp3) is 0.235. The predicted octanol–water partition coefficient (Wildman–Crippen LogP) is 3.73. The van der Waals surface area contributed by atoms with Crippen molar-refractivity contribution in [3.8, 4) is 5.75 Å². The van der Waals surface area contributed by atoms with Crippen LogP contribution in [0.1, 0.15) is 19.4 Å². The van der Waals surface area contributed by atoms with Crippen molar-refractivity contribution in [3.63, 3.8) is 0 Å². The number of hydrogen-bond acceptors (Lipinski definition) is 6. The van der Waals surface area contributed by atoms with Crippen LogP contribution in [0.2, 0.25) is 5.02 Å². The van der Waals surface area contributed by atoms with Crippen molar-refractivity contribution in [2.75, 3.05) is 13.1 Å². The van der Waals surface area contributed by atoms with E-state index < -0.39 is 26.4 Å². The number of halogens is 1. The number of hydrogen-bond donors (Lipinski definition) is 1. The van der Waals surface area contributed by atoms with Gasteiger partial charge in [-0.05, 0) is 24.3 Å². The Hall–Kier alpha value is -2.49. The third-order valence-electron chi connectivity index (χ3n) is 3.79. The molecule has 0 atom stereocenters. The van der Waals surface area contributed by atoms with Gasteiger partial charge in [0.05, 0.1) is 15.5 Å². The summed E-state index contributed by atoms with van der Waals surface area (Å²) in [4.78, 5) is 14.4. The Morgan fingerprint density at radius 2 is 1.93 bits per heavy atom. The zero-order valence-corrected chi connectivity index (χ0v) is 16.2. The van der Waals surface area contributed by atoms with Crippen molar-refractivity contribution in [3.05, 3.63) is 57.1 Å². The minimum absolute atomic E-state index is 0.0474. The van der Waals surface area contributed by atoms with Crippen LogP contribution in [0.15, 0.2) is 46.3 Å². The van der Waals surface area contributed by atoms with E-state index in [2.05, 4.69) is 4.99 Å². The first-order chi connectivity index (χ1) is 12.7. The largest absolute Gasteiger partial charge is 0.502 e. The molecule has 0 bridgehead atoms. The van der Waals surface area contributed by atoms with E-state index in [4.69, 9.17) is 11.6 Å². The van der Waals surface area contributed by atoms with Crippen molar-refractivity contribution in [1.29, 1.82) is 0 Å². The molecule has 10 heteroatoms. The highest BCUT2D eigenvalue weighted by Gasteiger charge is 2.21. The molecule has 0 saturated heterocycles. The number of nitrogens with zero attached hydrogens (tertiary/aromatic N) is 3. The van der Waals surface area contributed by atoms with Crippen LogP contribution in [-0.4, -0.2) is 42.1 Å². The molecule has 27 heavy (non-hydrogen) atoms. The first-order valence-corrected chi connectivity index (χ1v) is 9.83. The van der Waals surface area contributed by atoms with Crippen molar-refractivity contribution in [2.45, 2.75) is 18.7 Å². The summed E-state index contributed by atoms with van der Waals surface area (Å²) in [6, 6.07) is 8.33. The maximum Gasteiger partial charge on any atom is 0.312 e. The van der Waals surface area contributed by atoms with Crippen LogP contribution in [0.25, 0.3) is 0 Å². The van der Waals surface area contributed by atoms with Gasteiger partial charge in [0.2, 0.25) is 15.8 Å². The molecular formula is C17H18ClN3O5S. The minimum atomic E-state index is -3.64. The highest BCUT2D eigenvalue weighted by atomic mass is 35.5. The topological polar surface area (TPSA) is 113 Å². The Kier molecular flexibility index (Phi) is 6.53. The molecular weight excluding hydrogens is 394 g/mol. The Labute approximate surface area is 161 Å². The van der Waals surface area contributed by atoms with E-state index in [9.17, 15) is 23.6 Å². The lowest BCUT2D eigenvalue weighted by atomic mass is 10.2. The molecule has 0 radical (unpaired) electrons. The predicted molar refractivity (Wildman–Crippen MR) is 104 cm³/mol. The molecule has 0 unspecified atom stereocenters. The van der Waals surface area contributed by atoms with E-state index >= 15 is 0 Å². The molecule has 0 aliphatic heterocycles. The molecule has 2 aromatic carbocycles. The number of benzene rings is 2. The summed E-state index contributed by atoms with van der Waals surface area (Å²) in [7, 11) is -3.64. The molecule has 0 aromatic heterocycles. The Morgan fingerprint density at radius 3 is 2.52 bits per heavy atom. The third kappa shape index (κ3) is 4.62. The lowest BCUT2D eigenvalue weighted by molar-refractivity contribution is -0.385. The highest BCUT2D eigenvalue weighted by molar-refractivity contribution is 7.89. The average Bonchev–Trinajstić information content (AvgIpc) is 2.63. The van der Waals surface area contributed by atoms with Gasteiger partial charge in [0.15, 0.2) is 0 Å². The monoisotopic (exact) mass is 411 g/mol. The average molecular weight is 412 g/mol. The summed E-state index contributed by atoms with van der Waals surface area (Å²) in [5, 5.41) is 21.0.